The molecule has 1 aromatic heterocycles. The standard InChI is InChI=1S/C15H17ClN6O3S/c16-12-7-6-11(22(24)25)8-13(12)17-14(23)9-26-15-18-19-20-21(15)10-4-2-1-3-5-10/h6-8,10H,1-5,9H2,(H,17,23). The Kier molecular flexibility index (Phi) is 6.04. The van der Waals surface area contributed by atoms with Gasteiger partial charge < -0.3 is 5.32 Å². The summed E-state index contributed by atoms with van der Waals surface area (Å²) in [5, 5.41) is 26.0. The molecule has 0 saturated heterocycles. The number of aromatic nitrogens is 4. The zero-order chi connectivity index (χ0) is 18.5. The van der Waals surface area contributed by atoms with E-state index in [4.69, 9.17) is 11.6 Å². The minimum absolute atomic E-state index is 0.0755. The van der Waals surface area contributed by atoms with Crippen molar-refractivity contribution in [2.45, 2.75) is 43.3 Å². The van der Waals surface area contributed by atoms with Gasteiger partial charge in [-0.2, -0.15) is 0 Å². The zero-order valence-electron chi connectivity index (χ0n) is 13.8. The molecule has 1 heterocycles. The maximum atomic E-state index is 12.2. The van der Waals surface area contributed by atoms with Gasteiger partial charge in [0.15, 0.2) is 0 Å². The summed E-state index contributed by atoms with van der Waals surface area (Å²) >= 11 is 7.22. The minimum atomic E-state index is -0.543. The van der Waals surface area contributed by atoms with Crippen LogP contribution in [0.3, 0.4) is 0 Å². The number of anilines is 1. The van der Waals surface area contributed by atoms with Crippen LogP contribution in [0.25, 0.3) is 0 Å². The smallest absolute Gasteiger partial charge is 0.271 e. The molecule has 0 aliphatic heterocycles. The van der Waals surface area contributed by atoms with Crippen molar-refractivity contribution in [2.75, 3.05) is 11.1 Å². The molecule has 1 aliphatic carbocycles. The van der Waals surface area contributed by atoms with Gasteiger partial charge in [0.05, 0.1) is 27.4 Å². The number of rotatable bonds is 6. The van der Waals surface area contributed by atoms with E-state index in [1.54, 1.807) is 4.68 Å². The highest BCUT2D eigenvalue weighted by Crippen LogP contribution is 2.30. The highest BCUT2D eigenvalue weighted by atomic mass is 35.5. The fraction of sp³-hybridized carbons (Fsp3) is 0.467. The Bertz CT molecular complexity index is 808. The molecule has 0 atom stereocenters. The van der Waals surface area contributed by atoms with Crippen molar-refractivity contribution in [2.24, 2.45) is 0 Å². The Morgan fingerprint density at radius 3 is 2.88 bits per heavy atom. The van der Waals surface area contributed by atoms with E-state index in [9.17, 15) is 14.9 Å². The van der Waals surface area contributed by atoms with Crippen molar-refractivity contribution in [3.63, 3.8) is 0 Å². The molecule has 1 amide bonds. The van der Waals surface area contributed by atoms with Crippen molar-refractivity contribution < 1.29 is 9.72 Å². The molecule has 3 rings (SSSR count). The van der Waals surface area contributed by atoms with Gasteiger partial charge in [-0.3, -0.25) is 14.9 Å². The molecule has 11 heteroatoms. The van der Waals surface area contributed by atoms with E-state index in [2.05, 4.69) is 20.8 Å². The Balaban J connectivity index is 1.61. The number of carbonyl (C=O) groups is 1. The normalized spacial score (nSPS) is 15.0. The number of tetrazole rings is 1. The third-order valence-corrected chi connectivity index (χ3v) is 5.41. The second kappa shape index (κ2) is 8.45. The first-order valence-electron chi connectivity index (χ1n) is 8.19. The number of thioether (sulfide) groups is 1. The van der Waals surface area contributed by atoms with E-state index in [0.717, 1.165) is 25.7 Å². The number of nitro benzene ring substituents is 1. The third-order valence-electron chi connectivity index (χ3n) is 4.15. The van der Waals surface area contributed by atoms with Crippen LogP contribution < -0.4 is 5.32 Å². The summed E-state index contributed by atoms with van der Waals surface area (Å²) in [6, 6.07) is 4.17. The van der Waals surface area contributed by atoms with E-state index in [1.165, 1.54) is 36.4 Å². The van der Waals surface area contributed by atoms with Crippen LogP contribution >= 0.6 is 23.4 Å². The summed E-state index contributed by atoms with van der Waals surface area (Å²) < 4.78 is 1.79. The van der Waals surface area contributed by atoms with E-state index < -0.39 is 4.92 Å². The second-order valence-electron chi connectivity index (χ2n) is 5.96. The molecule has 1 fully saturated rings. The minimum Gasteiger partial charge on any atom is -0.324 e. The first-order chi connectivity index (χ1) is 12.5. The van der Waals surface area contributed by atoms with Crippen molar-refractivity contribution in [1.29, 1.82) is 0 Å². The molecule has 9 nitrogen and oxygen atoms in total. The Hall–Kier alpha value is -2.20. The average molecular weight is 397 g/mol. The number of benzene rings is 1. The number of hydrogen-bond acceptors (Lipinski definition) is 7. The molecular weight excluding hydrogens is 380 g/mol. The number of halogens is 1. The van der Waals surface area contributed by atoms with Gasteiger partial charge in [0, 0.05) is 12.1 Å². The molecule has 2 aromatic rings. The summed E-state index contributed by atoms with van der Waals surface area (Å²) in [5.41, 5.74) is 0.0666. The summed E-state index contributed by atoms with van der Waals surface area (Å²) in [6.07, 6.45) is 5.61. The van der Waals surface area contributed by atoms with Gasteiger partial charge in [0.1, 0.15) is 0 Å². The van der Waals surface area contributed by atoms with Crippen LogP contribution in [0.15, 0.2) is 23.4 Å². The lowest BCUT2D eigenvalue weighted by atomic mass is 9.96. The number of hydrogen-bond donors (Lipinski definition) is 1. The maximum absolute atomic E-state index is 12.2. The lowest BCUT2D eigenvalue weighted by molar-refractivity contribution is -0.384. The van der Waals surface area contributed by atoms with Crippen LogP contribution in [-0.4, -0.2) is 36.8 Å². The van der Waals surface area contributed by atoms with Crippen LogP contribution in [0.5, 0.6) is 0 Å². The van der Waals surface area contributed by atoms with Crippen LogP contribution in [-0.2, 0) is 4.79 Å². The monoisotopic (exact) mass is 396 g/mol. The highest BCUT2D eigenvalue weighted by molar-refractivity contribution is 7.99. The van der Waals surface area contributed by atoms with Gasteiger partial charge in [-0.1, -0.05) is 42.6 Å². The lowest BCUT2D eigenvalue weighted by Crippen LogP contribution is -2.17. The molecule has 0 spiro atoms. The summed E-state index contributed by atoms with van der Waals surface area (Å²) in [6.45, 7) is 0. The lowest BCUT2D eigenvalue weighted by Gasteiger charge is -2.21. The summed E-state index contributed by atoms with van der Waals surface area (Å²) in [4.78, 5) is 22.5. The predicted molar refractivity (Wildman–Crippen MR) is 97.4 cm³/mol. The van der Waals surface area contributed by atoms with Gasteiger partial charge in [0.2, 0.25) is 11.1 Å². The summed E-state index contributed by atoms with van der Waals surface area (Å²) in [7, 11) is 0. The van der Waals surface area contributed by atoms with Crippen LogP contribution in [0.4, 0.5) is 11.4 Å². The van der Waals surface area contributed by atoms with E-state index in [1.807, 2.05) is 0 Å². The molecule has 1 aliphatic rings. The Morgan fingerprint density at radius 2 is 2.15 bits per heavy atom. The number of nitrogens with one attached hydrogen (secondary N) is 1. The molecule has 1 saturated carbocycles. The summed E-state index contributed by atoms with van der Waals surface area (Å²) in [5.74, 6) is -0.262. The van der Waals surface area contributed by atoms with Gasteiger partial charge in [0.25, 0.3) is 5.69 Å². The van der Waals surface area contributed by atoms with Gasteiger partial charge in [-0.05, 0) is 29.3 Å². The van der Waals surface area contributed by atoms with Crippen molar-refractivity contribution in [3.05, 3.63) is 33.3 Å². The second-order valence-corrected chi connectivity index (χ2v) is 7.31. The SMILES string of the molecule is O=C(CSc1nnnn1C1CCCCC1)Nc1cc([N+](=O)[O-])ccc1Cl. The Labute approximate surface area is 158 Å². The van der Waals surface area contributed by atoms with Crippen LogP contribution in [0.1, 0.15) is 38.1 Å². The van der Waals surface area contributed by atoms with Crippen molar-refractivity contribution >= 4 is 40.6 Å². The fourth-order valence-electron chi connectivity index (χ4n) is 2.87. The molecule has 0 radical (unpaired) electrons. The predicted octanol–water partition coefficient (Wildman–Crippen LogP) is 3.47. The Morgan fingerprint density at radius 1 is 1.38 bits per heavy atom. The molecule has 1 aromatic carbocycles. The first kappa shape index (κ1) is 18.6. The molecule has 0 unspecified atom stereocenters. The molecular formula is C15H17ClN6O3S. The maximum Gasteiger partial charge on any atom is 0.271 e. The van der Waals surface area contributed by atoms with Crippen molar-refractivity contribution in [3.8, 4) is 0 Å². The topological polar surface area (TPSA) is 116 Å². The molecule has 138 valence electrons. The fourth-order valence-corrected chi connectivity index (χ4v) is 3.78. The van der Waals surface area contributed by atoms with Crippen molar-refractivity contribution in [1.82, 2.24) is 20.2 Å². The number of nitro groups is 1. The number of amides is 1. The first-order valence-corrected chi connectivity index (χ1v) is 9.55. The largest absolute Gasteiger partial charge is 0.324 e. The van der Waals surface area contributed by atoms with Gasteiger partial charge >= 0.3 is 0 Å². The van der Waals surface area contributed by atoms with Gasteiger partial charge in [-0.25, -0.2) is 4.68 Å². The molecule has 0 bridgehead atoms. The zero-order valence-corrected chi connectivity index (χ0v) is 15.4. The van der Waals surface area contributed by atoms with Crippen LogP contribution in [0, 0.1) is 10.1 Å². The third kappa shape index (κ3) is 4.50. The van der Waals surface area contributed by atoms with E-state index in [0.29, 0.717) is 5.16 Å². The molecule has 1 N–H and O–H groups in total. The van der Waals surface area contributed by atoms with Crippen LogP contribution in [0.2, 0.25) is 5.02 Å². The number of nitrogens with zero attached hydrogens (tertiary/aromatic N) is 5. The quantitative estimate of drug-likeness (QED) is 0.451. The highest BCUT2D eigenvalue weighted by Gasteiger charge is 2.21. The molecule has 26 heavy (non-hydrogen) atoms. The van der Waals surface area contributed by atoms with E-state index in [-0.39, 0.29) is 34.1 Å². The number of non-ortho nitro benzene ring substituents is 1. The van der Waals surface area contributed by atoms with Gasteiger partial charge in [-0.15, -0.1) is 5.10 Å². The number of carbonyl (C=O) groups excluding carboxylic acids is 1. The average Bonchev–Trinajstić information content (AvgIpc) is 3.11. The van der Waals surface area contributed by atoms with E-state index >= 15 is 0 Å².